The molecule has 1 saturated heterocycles. The quantitative estimate of drug-likeness (QED) is 0.910. The van der Waals surface area contributed by atoms with Gasteiger partial charge in [0.25, 0.3) is 0 Å². The van der Waals surface area contributed by atoms with Gasteiger partial charge in [0.05, 0.1) is 11.6 Å². The van der Waals surface area contributed by atoms with E-state index >= 15 is 0 Å². The van der Waals surface area contributed by atoms with Crippen LogP contribution in [0.5, 0.6) is 11.5 Å². The predicted molar refractivity (Wildman–Crippen MR) is 91.6 cm³/mol. The molecule has 5 heteroatoms. The van der Waals surface area contributed by atoms with Crippen LogP contribution in [0.2, 0.25) is 0 Å². The summed E-state index contributed by atoms with van der Waals surface area (Å²) in [5, 5.41) is 6.36. The zero-order valence-electron chi connectivity index (χ0n) is 13.3. The van der Waals surface area contributed by atoms with Gasteiger partial charge in [-0.15, -0.1) is 0 Å². The molecule has 1 fully saturated rings. The minimum atomic E-state index is -0.104. The van der Waals surface area contributed by atoms with E-state index in [4.69, 9.17) is 9.47 Å². The van der Waals surface area contributed by atoms with Crippen molar-refractivity contribution < 1.29 is 14.3 Å². The molecule has 5 nitrogen and oxygen atoms in total. The normalized spacial score (nSPS) is 22.2. The second-order valence-corrected chi connectivity index (χ2v) is 6.10. The Balaban J connectivity index is 1.54. The van der Waals surface area contributed by atoms with E-state index in [0.29, 0.717) is 36.9 Å². The molecule has 2 atom stereocenters. The topological polar surface area (TPSA) is 59.6 Å². The molecule has 0 radical (unpaired) electrons. The monoisotopic (exact) mass is 324 g/mol. The lowest BCUT2D eigenvalue weighted by molar-refractivity contribution is -0.119. The molecule has 124 valence electrons. The first kappa shape index (κ1) is 15.0. The average Bonchev–Trinajstić information content (AvgIpc) is 3.13. The van der Waals surface area contributed by atoms with Crippen LogP contribution in [-0.4, -0.2) is 32.2 Å². The highest BCUT2D eigenvalue weighted by Gasteiger charge is 2.34. The average molecular weight is 324 g/mol. The van der Waals surface area contributed by atoms with E-state index in [1.54, 1.807) is 0 Å². The number of benzene rings is 2. The fraction of sp³-hybridized carbons (Fsp3) is 0.316. The van der Waals surface area contributed by atoms with Crippen LogP contribution >= 0.6 is 0 Å². The van der Waals surface area contributed by atoms with Crippen LogP contribution in [0.4, 0.5) is 5.69 Å². The Morgan fingerprint density at radius 1 is 1.00 bits per heavy atom. The van der Waals surface area contributed by atoms with Crippen molar-refractivity contribution in [3.8, 4) is 11.5 Å². The molecular formula is C19H20N2O3. The number of nitrogens with one attached hydrogen (secondary N) is 2. The van der Waals surface area contributed by atoms with Gasteiger partial charge < -0.3 is 20.1 Å². The number of fused-ring (bicyclic) bond motifs is 1. The SMILES string of the molecule is O=C(Nc1cccc2c1OCCO2)[C@H]1CNC[C@@H]1c1ccccc1. The van der Waals surface area contributed by atoms with Crippen molar-refractivity contribution in [1.82, 2.24) is 5.32 Å². The van der Waals surface area contributed by atoms with E-state index in [1.807, 2.05) is 36.4 Å². The lowest BCUT2D eigenvalue weighted by Gasteiger charge is -2.23. The van der Waals surface area contributed by atoms with Crippen LogP contribution in [0.25, 0.3) is 0 Å². The van der Waals surface area contributed by atoms with E-state index in [1.165, 1.54) is 5.56 Å². The lowest BCUT2D eigenvalue weighted by atomic mass is 9.88. The van der Waals surface area contributed by atoms with Crippen LogP contribution in [0, 0.1) is 5.92 Å². The summed E-state index contributed by atoms with van der Waals surface area (Å²) in [5.74, 6) is 1.40. The highest BCUT2D eigenvalue weighted by Crippen LogP contribution is 2.38. The third-order valence-electron chi connectivity index (χ3n) is 4.60. The van der Waals surface area contributed by atoms with Gasteiger partial charge in [-0.25, -0.2) is 0 Å². The molecule has 24 heavy (non-hydrogen) atoms. The minimum absolute atomic E-state index is 0.0106. The first-order chi connectivity index (χ1) is 11.8. The predicted octanol–water partition coefficient (Wildman–Crippen LogP) is 2.40. The first-order valence-electron chi connectivity index (χ1n) is 8.28. The summed E-state index contributed by atoms with van der Waals surface area (Å²) in [5.41, 5.74) is 1.87. The van der Waals surface area contributed by atoms with Crippen LogP contribution < -0.4 is 20.1 Å². The van der Waals surface area contributed by atoms with Gasteiger partial charge in [-0.05, 0) is 17.7 Å². The molecule has 0 bridgehead atoms. The Morgan fingerprint density at radius 3 is 2.71 bits per heavy atom. The Labute approximate surface area is 141 Å². The van der Waals surface area contributed by atoms with Crippen molar-refractivity contribution in [2.45, 2.75) is 5.92 Å². The number of anilines is 1. The Morgan fingerprint density at radius 2 is 1.83 bits per heavy atom. The second kappa shape index (κ2) is 6.53. The summed E-state index contributed by atoms with van der Waals surface area (Å²) in [6.07, 6.45) is 0. The van der Waals surface area contributed by atoms with Crippen molar-refractivity contribution in [3.05, 3.63) is 54.1 Å². The molecule has 2 N–H and O–H groups in total. The van der Waals surface area contributed by atoms with Crippen LogP contribution in [0.15, 0.2) is 48.5 Å². The van der Waals surface area contributed by atoms with Gasteiger partial charge in [0.15, 0.2) is 11.5 Å². The second-order valence-electron chi connectivity index (χ2n) is 6.10. The number of carbonyl (C=O) groups is 1. The zero-order chi connectivity index (χ0) is 16.4. The van der Waals surface area contributed by atoms with Crippen molar-refractivity contribution in [2.75, 3.05) is 31.6 Å². The first-order valence-corrected chi connectivity index (χ1v) is 8.28. The molecule has 2 aliphatic rings. The van der Waals surface area contributed by atoms with Crippen LogP contribution in [-0.2, 0) is 4.79 Å². The van der Waals surface area contributed by atoms with E-state index in [9.17, 15) is 4.79 Å². The van der Waals surface area contributed by atoms with Gasteiger partial charge in [0.1, 0.15) is 13.2 Å². The zero-order valence-corrected chi connectivity index (χ0v) is 13.3. The van der Waals surface area contributed by atoms with Gasteiger partial charge in [-0.1, -0.05) is 36.4 Å². The smallest absolute Gasteiger partial charge is 0.229 e. The number of ether oxygens (including phenoxy) is 2. The fourth-order valence-electron chi connectivity index (χ4n) is 3.40. The highest BCUT2D eigenvalue weighted by atomic mass is 16.6. The van der Waals surface area contributed by atoms with Gasteiger partial charge in [-0.3, -0.25) is 4.79 Å². The molecule has 4 rings (SSSR count). The Kier molecular flexibility index (Phi) is 4.09. The number of rotatable bonds is 3. The molecule has 0 aromatic heterocycles. The molecular weight excluding hydrogens is 304 g/mol. The Hall–Kier alpha value is -2.53. The molecule has 2 aliphatic heterocycles. The molecule has 0 unspecified atom stereocenters. The van der Waals surface area contributed by atoms with Gasteiger partial charge >= 0.3 is 0 Å². The number of hydrogen-bond donors (Lipinski definition) is 2. The van der Waals surface area contributed by atoms with E-state index in [-0.39, 0.29) is 17.7 Å². The maximum Gasteiger partial charge on any atom is 0.229 e. The minimum Gasteiger partial charge on any atom is -0.486 e. The summed E-state index contributed by atoms with van der Waals surface area (Å²) < 4.78 is 11.2. The number of para-hydroxylation sites is 1. The highest BCUT2D eigenvalue weighted by molar-refractivity contribution is 5.95. The van der Waals surface area contributed by atoms with Gasteiger partial charge in [0.2, 0.25) is 5.91 Å². The van der Waals surface area contributed by atoms with Crippen molar-refractivity contribution in [2.24, 2.45) is 5.92 Å². The largest absolute Gasteiger partial charge is 0.486 e. The summed E-state index contributed by atoms with van der Waals surface area (Å²) in [4.78, 5) is 12.8. The molecule has 1 amide bonds. The molecule has 0 aliphatic carbocycles. The standard InChI is InChI=1S/C19H20N2O3/c22-19(15-12-20-11-14(15)13-5-2-1-3-6-13)21-16-7-4-8-17-18(16)24-10-9-23-17/h1-8,14-15,20H,9-12H2,(H,21,22)/t14-,15+/m1/s1. The van der Waals surface area contributed by atoms with Crippen molar-refractivity contribution in [3.63, 3.8) is 0 Å². The van der Waals surface area contributed by atoms with Crippen LogP contribution in [0.1, 0.15) is 11.5 Å². The third-order valence-corrected chi connectivity index (χ3v) is 4.60. The third kappa shape index (κ3) is 2.83. The summed E-state index contributed by atoms with van der Waals surface area (Å²) in [6, 6.07) is 15.8. The molecule has 2 aromatic rings. The summed E-state index contributed by atoms with van der Waals surface area (Å²) in [6.45, 7) is 2.52. The fourth-order valence-corrected chi connectivity index (χ4v) is 3.40. The van der Waals surface area contributed by atoms with Crippen molar-refractivity contribution >= 4 is 11.6 Å². The van der Waals surface area contributed by atoms with Gasteiger partial charge in [0, 0.05) is 19.0 Å². The lowest BCUT2D eigenvalue weighted by Crippen LogP contribution is -2.28. The molecule has 0 saturated carbocycles. The number of hydrogen-bond acceptors (Lipinski definition) is 4. The Bertz CT molecular complexity index is 733. The van der Waals surface area contributed by atoms with E-state index in [2.05, 4.69) is 22.8 Å². The molecule has 2 heterocycles. The molecule has 2 aromatic carbocycles. The number of amides is 1. The van der Waals surface area contributed by atoms with Crippen LogP contribution in [0.3, 0.4) is 0 Å². The van der Waals surface area contributed by atoms with Gasteiger partial charge in [-0.2, -0.15) is 0 Å². The maximum atomic E-state index is 12.8. The van der Waals surface area contributed by atoms with E-state index < -0.39 is 0 Å². The molecule has 0 spiro atoms. The van der Waals surface area contributed by atoms with Crippen molar-refractivity contribution in [1.29, 1.82) is 0 Å². The number of carbonyl (C=O) groups excluding carboxylic acids is 1. The summed E-state index contributed by atoms with van der Waals surface area (Å²) >= 11 is 0. The maximum absolute atomic E-state index is 12.8. The van der Waals surface area contributed by atoms with E-state index in [0.717, 1.165) is 6.54 Å². The summed E-state index contributed by atoms with van der Waals surface area (Å²) in [7, 11) is 0.